The van der Waals surface area contributed by atoms with E-state index in [2.05, 4.69) is 25.1 Å². The number of rotatable bonds is 18. The molecule has 0 amide bonds. The molecule has 0 aliphatic heterocycles. The second kappa shape index (κ2) is 17.8. The van der Waals surface area contributed by atoms with E-state index in [9.17, 15) is 0 Å². The molecule has 0 unspecified atom stereocenters. The molecule has 0 bridgehead atoms. The Bertz CT molecular complexity index is 458. The molecule has 0 aliphatic rings. The lowest BCUT2D eigenvalue weighted by Crippen LogP contribution is -2.12. The average molecular weight is 409 g/mol. The summed E-state index contributed by atoms with van der Waals surface area (Å²) in [5.41, 5.74) is 2.93. The second-order valence-corrected chi connectivity index (χ2v) is 9.74. The van der Waals surface area contributed by atoms with Crippen molar-refractivity contribution < 1.29 is 0 Å². The summed E-state index contributed by atoms with van der Waals surface area (Å²) in [6.07, 6.45) is 24.2. The van der Waals surface area contributed by atoms with Crippen LogP contribution in [0.15, 0.2) is 18.2 Å². The highest BCUT2D eigenvalue weighted by Gasteiger charge is 2.04. The van der Waals surface area contributed by atoms with Crippen LogP contribution in [0.1, 0.15) is 121 Å². The Kier molecular flexibility index (Phi) is 16.3. The molecule has 1 aromatic carbocycles. The second-order valence-electron chi connectivity index (χ2n) is 8.40. The number of halogens is 1. The lowest BCUT2D eigenvalue weighted by Gasteiger charge is -2.10. The minimum absolute atomic E-state index is 0.671. The standard InChI is InChI=1S/C25H45ClSi/c1-2-3-4-5-6-7-8-9-10-11-12-13-14-15-16-17-20-24-23(22-26)19-18-21-25(24)27/h18-19,21H,2-17,20,22H2,1,27H3. The average Bonchev–Trinajstić information content (AvgIpc) is 2.68. The normalized spacial score (nSPS) is 11.3. The van der Waals surface area contributed by atoms with Gasteiger partial charge in [-0.25, -0.2) is 0 Å². The Labute approximate surface area is 178 Å². The highest BCUT2D eigenvalue weighted by Crippen LogP contribution is 2.16. The van der Waals surface area contributed by atoms with Crippen molar-refractivity contribution in [2.75, 3.05) is 0 Å². The van der Waals surface area contributed by atoms with E-state index < -0.39 is 0 Å². The summed E-state index contributed by atoms with van der Waals surface area (Å²) in [5.74, 6) is 0.671. The zero-order chi connectivity index (χ0) is 19.6. The van der Waals surface area contributed by atoms with Crippen molar-refractivity contribution in [3.63, 3.8) is 0 Å². The van der Waals surface area contributed by atoms with E-state index in [-0.39, 0.29) is 0 Å². The van der Waals surface area contributed by atoms with Crippen LogP contribution in [0.3, 0.4) is 0 Å². The quantitative estimate of drug-likeness (QED) is 0.136. The Morgan fingerprint density at radius 2 is 1.11 bits per heavy atom. The van der Waals surface area contributed by atoms with Crippen LogP contribution in [0.4, 0.5) is 0 Å². The Morgan fingerprint density at radius 1 is 0.667 bits per heavy atom. The van der Waals surface area contributed by atoms with Crippen LogP contribution >= 0.6 is 11.6 Å². The molecule has 1 aromatic rings. The first-order valence-electron chi connectivity index (χ1n) is 11.9. The predicted octanol–water partition coefficient (Wildman–Crippen LogP) is 7.22. The number of hydrogen-bond donors (Lipinski definition) is 0. The van der Waals surface area contributed by atoms with Gasteiger partial charge in [0.1, 0.15) is 0 Å². The van der Waals surface area contributed by atoms with Crippen LogP contribution in [0, 0.1) is 0 Å². The summed E-state index contributed by atoms with van der Waals surface area (Å²) in [6, 6.07) is 6.65. The van der Waals surface area contributed by atoms with Gasteiger partial charge in [0, 0.05) is 16.1 Å². The monoisotopic (exact) mass is 408 g/mol. The molecule has 0 radical (unpaired) electrons. The number of hydrogen-bond acceptors (Lipinski definition) is 0. The van der Waals surface area contributed by atoms with Gasteiger partial charge in [0.05, 0.1) is 0 Å². The maximum Gasteiger partial charge on any atom is 0.0476 e. The van der Waals surface area contributed by atoms with Crippen molar-refractivity contribution in [2.45, 2.75) is 122 Å². The van der Waals surface area contributed by atoms with Gasteiger partial charge in [0.2, 0.25) is 0 Å². The largest absolute Gasteiger partial charge is 0.122 e. The summed E-state index contributed by atoms with van der Waals surface area (Å²) < 4.78 is 0. The maximum atomic E-state index is 6.10. The summed E-state index contributed by atoms with van der Waals surface area (Å²) >= 11 is 6.10. The van der Waals surface area contributed by atoms with Crippen molar-refractivity contribution in [2.24, 2.45) is 0 Å². The van der Waals surface area contributed by atoms with E-state index in [1.54, 1.807) is 10.8 Å². The van der Waals surface area contributed by atoms with Crippen molar-refractivity contribution in [3.8, 4) is 0 Å². The highest BCUT2D eigenvalue weighted by molar-refractivity contribution is 6.33. The van der Waals surface area contributed by atoms with Crippen molar-refractivity contribution >= 4 is 27.0 Å². The first-order valence-corrected chi connectivity index (χ1v) is 13.5. The van der Waals surface area contributed by atoms with Crippen molar-refractivity contribution in [1.82, 2.24) is 0 Å². The van der Waals surface area contributed by atoms with Gasteiger partial charge >= 0.3 is 0 Å². The van der Waals surface area contributed by atoms with Crippen molar-refractivity contribution in [1.29, 1.82) is 0 Å². The third-order valence-electron chi connectivity index (χ3n) is 5.93. The van der Waals surface area contributed by atoms with Crippen LogP contribution < -0.4 is 5.19 Å². The summed E-state index contributed by atoms with van der Waals surface area (Å²) in [5, 5.41) is 1.55. The van der Waals surface area contributed by atoms with E-state index in [1.165, 1.54) is 115 Å². The fourth-order valence-corrected chi connectivity index (χ4v) is 5.11. The number of benzene rings is 1. The molecule has 27 heavy (non-hydrogen) atoms. The van der Waals surface area contributed by atoms with E-state index in [4.69, 9.17) is 11.6 Å². The Hall–Kier alpha value is -0.273. The zero-order valence-electron chi connectivity index (χ0n) is 18.3. The van der Waals surface area contributed by atoms with Gasteiger partial charge in [0.25, 0.3) is 0 Å². The minimum Gasteiger partial charge on any atom is -0.122 e. The number of unbranched alkanes of at least 4 members (excludes halogenated alkanes) is 15. The molecule has 2 heteroatoms. The van der Waals surface area contributed by atoms with Crippen LogP contribution in [0.2, 0.25) is 0 Å². The molecular formula is C25H45ClSi. The fourth-order valence-electron chi connectivity index (χ4n) is 4.10. The third kappa shape index (κ3) is 12.7. The van der Waals surface area contributed by atoms with Gasteiger partial charge in [-0.3, -0.25) is 0 Å². The van der Waals surface area contributed by atoms with Crippen LogP contribution in [-0.4, -0.2) is 10.2 Å². The molecule has 0 saturated heterocycles. The Balaban J connectivity index is 1.86. The molecule has 0 spiro atoms. The molecule has 1 rings (SSSR count). The zero-order valence-corrected chi connectivity index (χ0v) is 21.1. The molecule has 0 aliphatic carbocycles. The summed E-state index contributed by atoms with van der Waals surface area (Å²) in [4.78, 5) is 0. The topological polar surface area (TPSA) is 0 Å². The molecule has 0 heterocycles. The van der Waals surface area contributed by atoms with Crippen LogP contribution in [0.5, 0.6) is 0 Å². The molecule has 0 N–H and O–H groups in total. The van der Waals surface area contributed by atoms with E-state index in [0.717, 1.165) is 10.2 Å². The molecular weight excluding hydrogens is 364 g/mol. The first kappa shape index (κ1) is 24.8. The van der Waals surface area contributed by atoms with Gasteiger partial charge in [-0.05, 0) is 24.0 Å². The maximum absolute atomic E-state index is 6.10. The SMILES string of the molecule is CCCCCCCCCCCCCCCCCCc1c([SiH3])cccc1CCl. The molecule has 0 fully saturated rings. The highest BCUT2D eigenvalue weighted by atomic mass is 35.5. The summed E-state index contributed by atoms with van der Waals surface area (Å²) in [7, 11) is 1.14. The smallest absolute Gasteiger partial charge is 0.0476 e. The molecule has 0 atom stereocenters. The lowest BCUT2D eigenvalue weighted by atomic mass is 10.0. The van der Waals surface area contributed by atoms with Gasteiger partial charge < -0.3 is 0 Å². The van der Waals surface area contributed by atoms with Gasteiger partial charge in [-0.15, -0.1) is 11.6 Å². The van der Waals surface area contributed by atoms with Gasteiger partial charge in [-0.2, -0.15) is 0 Å². The number of alkyl halides is 1. The molecule has 0 aromatic heterocycles. The molecule has 156 valence electrons. The minimum atomic E-state index is 0.671. The lowest BCUT2D eigenvalue weighted by molar-refractivity contribution is 0.529. The van der Waals surface area contributed by atoms with Gasteiger partial charge in [-0.1, -0.05) is 127 Å². The van der Waals surface area contributed by atoms with Crippen molar-refractivity contribution in [3.05, 3.63) is 29.3 Å². The van der Waals surface area contributed by atoms with Crippen LogP contribution in [-0.2, 0) is 12.3 Å². The van der Waals surface area contributed by atoms with E-state index in [1.807, 2.05) is 0 Å². The van der Waals surface area contributed by atoms with E-state index in [0.29, 0.717) is 5.88 Å². The van der Waals surface area contributed by atoms with Crippen LogP contribution in [0.25, 0.3) is 0 Å². The predicted molar refractivity (Wildman–Crippen MR) is 129 cm³/mol. The fraction of sp³-hybridized carbons (Fsp3) is 0.760. The van der Waals surface area contributed by atoms with Gasteiger partial charge in [0.15, 0.2) is 0 Å². The van der Waals surface area contributed by atoms with E-state index >= 15 is 0 Å². The molecule has 0 saturated carbocycles. The molecule has 0 nitrogen and oxygen atoms in total. The third-order valence-corrected chi connectivity index (χ3v) is 7.16. The first-order chi connectivity index (χ1) is 13.3. The Morgan fingerprint density at radius 3 is 1.56 bits per heavy atom. The summed E-state index contributed by atoms with van der Waals surface area (Å²) in [6.45, 7) is 2.30.